The molecular weight excluding hydrogens is 260 g/mol. The van der Waals surface area contributed by atoms with Crippen molar-refractivity contribution in [3.05, 3.63) is 48.5 Å². The van der Waals surface area contributed by atoms with E-state index < -0.39 is 0 Å². The lowest BCUT2D eigenvalue weighted by atomic mass is 10.0. The van der Waals surface area contributed by atoms with Crippen LogP contribution in [0.3, 0.4) is 0 Å². The van der Waals surface area contributed by atoms with E-state index >= 15 is 0 Å². The minimum Gasteiger partial charge on any atom is -0.496 e. The van der Waals surface area contributed by atoms with Crippen molar-refractivity contribution in [1.29, 1.82) is 0 Å². The van der Waals surface area contributed by atoms with E-state index in [-0.39, 0.29) is 0 Å². The molecule has 2 nitrogen and oxygen atoms in total. The number of methoxy groups -OCH3 is 1. The van der Waals surface area contributed by atoms with Crippen molar-refractivity contribution in [3.8, 4) is 22.6 Å². The Morgan fingerprint density at radius 1 is 1.00 bits per heavy atom. The summed E-state index contributed by atoms with van der Waals surface area (Å²) >= 11 is 5.61. The predicted octanol–water partition coefficient (Wildman–Crippen LogP) is 4.37. The summed E-state index contributed by atoms with van der Waals surface area (Å²) in [5, 5.41) is 0. The SMILES string of the molecule is COc1ccccc1-c1ccc(OCCCCl)cc1. The summed E-state index contributed by atoms with van der Waals surface area (Å²) < 4.78 is 10.9. The van der Waals surface area contributed by atoms with Crippen molar-refractivity contribution in [2.75, 3.05) is 19.6 Å². The molecule has 2 rings (SSSR count). The first-order valence-corrected chi connectivity index (χ1v) is 6.81. The Hall–Kier alpha value is -1.67. The number of alkyl halides is 1. The van der Waals surface area contributed by atoms with Crippen LogP contribution in [0.2, 0.25) is 0 Å². The number of hydrogen-bond acceptors (Lipinski definition) is 2. The summed E-state index contributed by atoms with van der Waals surface area (Å²) in [6.45, 7) is 0.650. The van der Waals surface area contributed by atoms with E-state index in [0.717, 1.165) is 29.0 Å². The maximum Gasteiger partial charge on any atom is 0.126 e. The number of hydrogen-bond donors (Lipinski definition) is 0. The minimum atomic E-state index is 0.624. The highest BCUT2D eigenvalue weighted by Crippen LogP contribution is 2.30. The number of para-hydroxylation sites is 1. The first-order chi connectivity index (χ1) is 9.35. The van der Waals surface area contributed by atoms with Gasteiger partial charge in [0, 0.05) is 11.4 Å². The first kappa shape index (κ1) is 13.8. The summed E-state index contributed by atoms with van der Waals surface area (Å²) in [5.74, 6) is 2.36. The summed E-state index contributed by atoms with van der Waals surface area (Å²) in [6.07, 6.45) is 0.857. The molecule has 0 amide bonds. The van der Waals surface area contributed by atoms with Gasteiger partial charge >= 0.3 is 0 Å². The largest absolute Gasteiger partial charge is 0.496 e. The standard InChI is InChI=1S/C16H17ClO2/c1-18-16-6-3-2-5-15(16)13-7-9-14(10-8-13)19-12-4-11-17/h2-3,5-10H,4,11-12H2,1H3. The Kier molecular flexibility index (Phi) is 5.10. The lowest BCUT2D eigenvalue weighted by molar-refractivity contribution is 0.318. The minimum absolute atomic E-state index is 0.624. The maximum atomic E-state index is 5.61. The van der Waals surface area contributed by atoms with Gasteiger partial charge in [-0.25, -0.2) is 0 Å². The lowest BCUT2D eigenvalue weighted by Gasteiger charge is -2.09. The summed E-state index contributed by atoms with van der Waals surface area (Å²) in [4.78, 5) is 0. The smallest absolute Gasteiger partial charge is 0.126 e. The molecule has 0 fully saturated rings. The molecule has 0 saturated heterocycles. The van der Waals surface area contributed by atoms with E-state index in [9.17, 15) is 0 Å². The Labute approximate surface area is 118 Å². The highest BCUT2D eigenvalue weighted by Gasteiger charge is 2.04. The Balaban J connectivity index is 2.13. The van der Waals surface area contributed by atoms with Gasteiger partial charge in [-0.1, -0.05) is 30.3 Å². The topological polar surface area (TPSA) is 18.5 Å². The Morgan fingerprint density at radius 3 is 2.42 bits per heavy atom. The molecule has 0 aromatic heterocycles. The quantitative estimate of drug-likeness (QED) is 0.576. The molecule has 0 unspecified atom stereocenters. The van der Waals surface area contributed by atoms with Crippen molar-refractivity contribution in [3.63, 3.8) is 0 Å². The highest BCUT2D eigenvalue weighted by molar-refractivity contribution is 6.17. The zero-order valence-corrected chi connectivity index (χ0v) is 11.7. The number of halogens is 1. The van der Waals surface area contributed by atoms with Gasteiger partial charge in [0.05, 0.1) is 13.7 Å². The molecule has 0 heterocycles. The normalized spacial score (nSPS) is 10.2. The Bertz CT molecular complexity index is 508. The molecule has 0 bridgehead atoms. The fourth-order valence-electron chi connectivity index (χ4n) is 1.86. The van der Waals surface area contributed by atoms with Crippen molar-refractivity contribution in [2.24, 2.45) is 0 Å². The van der Waals surface area contributed by atoms with Gasteiger partial charge in [-0.05, 0) is 30.2 Å². The molecule has 0 aliphatic heterocycles. The number of rotatable bonds is 6. The predicted molar refractivity (Wildman–Crippen MR) is 79.3 cm³/mol. The van der Waals surface area contributed by atoms with E-state index in [2.05, 4.69) is 0 Å². The van der Waals surface area contributed by atoms with Crippen LogP contribution < -0.4 is 9.47 Å². The van der Waals surface area contributed by atoms with E-state index in [1.807, 2.05) is 48.5 Å². The average molecular weight is 277 g/mol. The second kappa shape index (κ2) is 7.05. The molecule has 0 radical (unpaired) electrons. The van der Waals surface area contributed by atoms with Crippen LogP contribution in [-0.2, 0) is 0 Å². The van der Waals surface area contributed by atoms with E-state index in [4.69, 9.17) is 21.1 Å². The second-order valence-electron chi connectivity index (χ2n) is 4.12. The first-order valence-electron chi connectivity index (χ1n) is 6.27. The van der Waals surface area contributed by atoms with Gasteiger partial charge in [0.1, 0.15) is 11.5 Å². The molecule has 3 heteroatoms. The summed E-state index contributed by atoms with van der Waals surface area (Å²) in [5.41, 5.74) is 2.19. The summed E-state index contributed by atoms with van der Waals surface area (Å²) in [7, 11) is 1.68. The fraction of sp³-hybridized carbons (Fsp3) is 0.250. The van der Waals surface area contributed by atoms with Gasteiger partial charge < -0.3 is 9.47 Å². The van der Waals surface area contributed by atoms with E-state index in [1.54, 1.807) is 7.11 Å². The Morgan fingerprint density at radius 2 is 1.74 bits per heavy atom. The molecule has 0 aliphatic carbocycles. The van der Waals surface area contributed by atoms with Crippen LogP contribution >= 0.6 is 11.6 Å². The van der Waals surface area contributed by atoms with Crippen LogP contribution in [0.15, 0.2) is 48.5 Å². The summed E-state index contributed by atoms with van der Waals surface area (Å²) in [6, 6.07) is 16.0. The molecule has 0 spiro atoms. The third-order valence-corrected chi connectivity index (χ3v) is 3.09. The van der Waals surface area contributed by atoms with Gasteiger partial charge in [0.25, 0.3) is 0 Å². The van der Waals surface area contributed by atoms with Gasteiger partial charge in [-0.15, -0.1) is 11.6 Å². The van der Waals surface area contributed by atoms with Crippen molar-refractivity contribution < 1.29 is 9.47 Å². The zero-order chi connectivity index (χ0) is 13.5. The van der Waals surface area contributed by atoms with Gasteiger partial charge in [-0.2, -0.15) is 0 Å². The molecule has 2 aromatic rings. The van der Waals surface area contributed by atoms with Crippen molar-refractivity contribution in [2.45, 2.75) is 6.42 Å². The van der Waals surface area contributed by atoms with Crippen molar-refractivity contribution >= 4 is 11.6 Å². The maximum absolute atomic E-state index is 5.61. The van der Waals surface area contributed by atoms with Gasteiger partial charge in [-0.3, -0.25) is 0 Å². The number of ether oxygens (including phenoxy) is 2. The zero-order valence-electron chi connectivity index (χ0n) is 10.9. The van der Waals surface area contributed by atoms with Crippen LogP contribution in [0.4, 0.5) is 0 Å². The van der Waals surface area contributed by atoms with Crippen LogP contribution in [0.25, 0.3) is 11.1 Å². The second-order valence-corrected chi connectivity index (χ2v) is 4.49. The lowest BCUT2D eigenvalue weighted by Crippen LogP contribution is -1.97. The van der Waals surface area contributed by atoms with Crippen LogP contribution in [0.1, 0.15) is 6.42 Å². The van der Waals surface area contributed by atoms with Crippen LogP contribution in [0.5, 0.6) is 11.5 Å². The molecule has 0 atom stereocenters. The molecule has 2 aromatic carbocycles. The van der Waals surface area contributed by atoms with Gasteiger partial charge in [0.15, 0.2) is 0 Å². The molecule has 100 valence electrons. The highest BCUT2D eigenvalue weighted by atomic mass is 35.5. The third-order valence-electron chi connectivity index (χ3n) is 2.82. The van der Waals surface area contributed by atoms with Crippen LogP contribution in [0, 0.1) is 0 Å². The van der Waals surface area contributed by atoms with E-state index in [1.165, 1.54) is 0 Å². The molecule has 0 saturated carbocycles. The monoisotopic (exact) mass is 276 g/mol. The molecule has 0 aliphatic rings. The third kappa shape index (κ3) is 3.65. The van der Waals surface area contributed by atoms with E-state index in [0.29, 0.717) is 12.5 Å². The number of benzene rings is 2. The van der Waals surface area contributed by atoms with Crippen LogP contribution in [-0.4, -0.2) is 19.6 Å². The molecule has 0 N–H and O–H groups in total. The molecular formula is C16H17ClO2. The van der Waals surface area contributed by atoms with Crippen molar-refractivity contribution in [1.82, 2.24) is 0 Å². The average Bonchev–Trinajstić information content (AvgIpc) is 2.48. The molecule has 19 heavy (non-hydrogen) atoms. The fourth-order valence-corrected chi connectivity index (χ4v) is 1.97. The van der Waals surface area contributed by atoms with Gasteiger partial charge in [0.2, 0.25) is 0 Å².